The number of hydrogen-bond donors (Lipinski definition) is 3. The summed E-state index contributed by atoms with van der Waals surface area (Å²) >= 11 is 0. The van der Waals surface area contributed by atoms with Crippen molar-refractivity contribution in [1.29, 1.82) is 0 Å². The average Bonchev–Trinajstić information content (AvgIpc) is 2.80. The second-order valence-corrected chi connectivity index (χ2v) is 7.38. The molecule has 2 fully saturated rings. The Morgan fingerprint density at radius 3 is 2.83 bits per heavy atom. The number of ether oxygens (including phenoxy) is 1. The van der Waals surface area contributed by atoms with Gasteiger partial charge in [-0.05, 0) is 37.3 Å². The predicted octanol–water partition coefficient (Wildman–Crippen LogP) is 2.29. The van der Waals surface area contributed by atoms with Crippen molar-refractivity contribution in [3.8, 4) is 0 Å². The maximum Gasteiger partial charge on any atom is 0.315 e. The molecule has 3 aliphatic rings. The normalized spacial score (nSPS) is 32.6. The Morgan fingerprint density at radius 2 is 2.12 bits per heavy atom. The van der Waals surface area contributed by atoms with Gasteiger partial charge in [-0.3, -0.25) is 0 Å². The number of aliphatic hydroxyl groups is 1. The first-order valence-electron chi connectivity index (χ1n) is 9.08. The third-order valence-corrected chi connectivity index (χ3v) is 6.23. The molecule has 0 aliphatic heterocycles. The van der Waals surface area contributed by atoms with E-state index in [2.05, 4.69) is 10.6 Å². The monoisotopic (exact) mass is 330 g/mol. The Hall–Kier alpha value is -1.59. The molecule has 2 amide bonds. The van der Waals surface area contributed by atoms with Gasteiger partial charge in [0.15, 0.2) is 0 Å². The van der Waals surface area contributed by atoms with Gasteiger partial charge in [0.25, 0.3) is 0 Å². The Labute approximate surface area is 142 Å². The highest BCUT2D eigenvalue weighted by Crippen LogP contribution is 2.57. The number of fused-ring (bicyclic) bond motifs is 1. The van der Waals surface area contributed by atoms with Crippen LogP contribution in [0.4, 0.5) is 4.79 Å². The zero-order valence-electron chi connectivity index (χ0n) is 14.1. The topological polar surface area (TPSA) is 70.6 Å². The Balaban J connectivity index is 1.38. The lowest BCUT2D eigenvalue weighted by atomic mass is 9.51. The number of carbonyl (C=O) groups excluding carboxylic acids is 1. The lowest BCUT2D eigenvalue weighted by molar-refractivity contribution is -0.169. The summed E-state index contributed by atoms with van der Waals surface area (Å²) in [6, 6.07) is 7.61. The molecule has 1 aromatic carbocycles. The van der Waals surface area contributed by atoms with E-state index in [9.17, 15) is 9.90 Å². The van der Waals surface area contributed by atoms with Crippen LogP contribution in [0.5, 0.6) is 0 Å². The largest absolute Gasteiger partial charge is 0.390 e. The second-order valence-electron chi connectivity index (χ2n) is 7.38. The van der Waals surface area contributed by atoms with E-state index in [-0.39, 0.29) is 23.5 Å². The molecule has 5 nitrogen and oxygen atoms in total. The molecule has 1 aromatic rings. The molecule has 4 atom stereocenters. The zero-order valence-corrected chi connectivity index (χ0v) is 14.1. The Morgan fingerprint density at radius 1 is 1.33 bits per heavy atom. The molecule has 5 heteroatoms. The van der Waals surface area contributed by atoms with E-state index in [0.29, 0.717) is 12.5 Å². The molecule has 130 valence electrons. The molecule has 0 heterocycles. The zero-order chi connectivity index (χ0) is 16.7. The minimum atomic E-state index is -0.552. The van der Waals surface area contributed by atoms with Gasteiger partial charge >= 0.3 is 6.03 Å². The standard InChI is InChI=1S/C19H26N2O3/c1-2-24-16-11-15(19(16)8-5-9-19)20-18(23)21-17-13-7-4-3-6-12(13)10-14(17)22/h3-4,6-7,14-17,22H,2,5,8-11H2,1H3,(H2,20,21,23)/t14-,15-,16-,17+/m1/s1. The van der Waals surface area contributed by atoms with Gasteiger partial charge in [0, 0.05) is 24.5 Å². The second kappa shape index (κ2) is 6.05. The molecule has 3 aliphatic carbocycles. The van der Waals surface area contributed by atoms with Crippen LogP contribution >= 0.6 is 0 Å². The quantitative estimate of drug-likeness (QED) is 0.793. The number of rotatable bonds is 4. The third kappa shape index (κ3) is 2.42. The summed E-state index contributed by atoms with van der Waals surface area (Å²) in [6.07, 6.45) is 4.72. The first kappa shape index (κ1) is 15.9. The van der Waals surface area contributed by atoms with Crippen molar-refractivity contribution in [3.63, 3.8) is 0 Å². The van der Waals surface area contributed by atoms with E-state index >= 15 is 0 Å². The van der Waals surface area contributed by atoms with Gasteiger partial charge in [0.1, 0.15) is 0 Å². The fourth-order valence-corrected chi connectivity index (χ4v) is 4.73. The molecule has 3 N–H and O–H groups in total. The minimum Gasteiger partial charge on any atom is -0.390 e. The Bertz CT molecular complexity index is 629. The first-order chi connectivity index (χ1) is 11.6. The van der Waals surface area contributed by atoms with E-state index in [1.165, 1.54) is 6.42 Å². The molecule has 2 saturated carbocycles. The molecule has 0 aromatic heterocycles. The number of carbonyl (C=O) groups is 1. The van der Waals surface area contributed by atoms with Crippen LogP contribution in [-0.2, 0) is 11.2 Å². The summed E-state index contributed by atoms with van der Waals surface area (Å²) in [7, 11) is 0. The van der Waals surface area contributed by atoms with E-state index in [1.807, 2.05) is 31.2 Å². The maximum atomic E-state index is 12.5. The minimum absolute atomic E-state index is 0.152. The summed E-state index contributed by atoms with van der Waals surface area (Å²) in [5.74, 6) is 0. The van der Waals surface area contributed by atoms with Crippen LogP contribution in [0.1, 0.15) is 49.8 Å². The molecule has 0 unspecified atom stereocenters. The summed E-state index contributed by atoms with van der Waals surface area (Å²) in [6.45, 7) is 2.76. The highest BCUT2D eigenvalue weighted by molar-refractivity contribution is 5.75. The van der Waals surface area contributed by atoms with E-state index < -0.39 is 6.10 Å². The molecule has 0 bridgehead atoms. The van der Waals surface area contributed by atoms with Gasteiger partial charge in [0.2, 0.25) is 0 Å². The van der Waals surface area contributed by atoms with E-state index in [1.54, 1.807) is 0 Å². The van der Waals surface area contributed by atoms with Crippen molar-refractivity contribution < 1.29 is 14.6 Å². The molecular formula is C19H26N2O3. The molecule has 0 saturated heterocycles. The van der Waals surface area contributed by atoms with Crippen LogP contribution in [0.3, 0.4) is 0 Å². The van der Waals surface area contributed by atoms with Crippen molar-refractivity contribution in [2.75, 3.05) is 6.61 Å². The highest BCUT2D eigenvalue weighted by Gasteiger charge is 2.59. The number of amides is 2. The van der Waals surface area contributed by atoms with Crippen LogP contribution in [0, 0.1) is 5.41 Å². The van der Waals surface area contributed by atoms with Crippen LogP contribution in [-0.4, -0.2) is 36.0 Å². The molecular weight excluding hydrogens is 304 g/mol. The highest BCUT2D eigenvalue weighted by atomic mass is 16.5. The Kier molecular flexibility index (Phi) is 4.01. The van der Waals surface area contributed by atoms with Crippen LogP contribution in [0.15, 0.2) is 24.3 Å². The van der Waals surface area contributed by atoms with Crippen molar-refractivity contribution in [2.45, 2.75) is 63.3 Å². The fraction of sp³-hybridized carbons (Fsp3) is 0.632. The number of urea groups is 1. The van der Waals surface area contributed by atoms with Crippen LogP contribution in [0.2, 0.25) is 0 Å². The number of aliphatic hydroxyl groups excluding tert-OH is 1. The fourth-order valence-electron chi connectivity index (χ4n) is 4.73. The maximum absolute atomic E-state index is 12.5. The van der Waals surface area contributed by atoms with E-state index in [4.69, 9.17) is 4.74 Å². The summed E-state index contributed by atoms with van der Waals surface area (Å²) in [4.78, 5) is 12.5. The SMILES string of the molecule is CCO[C@@H]1C[C@@H](NC(=O)N[C@H]2c3ccccc3C[C@H]2O)C12CCC2. The predicted molar refractivity (Wildman–Crippen MR) is 90.7 cm³/mol. The smallest absolute Gasteiger partial charge is 0.315 e. The van der Waals surface area contributed by atoms with Crippen LogP contribution in [0.25, 0.3) is 0 Å². The van der Waals surface area contributed by atoms with Gasteiger partial charge in [-0.1, -0.05) is 30.7 Å². The summed E-state index contributed by atoms with van der Waals surface area (Å²) in [5.41, 5.74) is 2.30. The van der Waals surface area contributed by atoms with Crippen molar-refractivity contribution in [3.05, 3.63) is 35.4 Å². The van der Waals surface area contributed by atoms with Crippen LogP contribution < -0.4 is 10.6 Å². The van der Waals surface area contributed by atoms with E-state index in [0.717, 1.165) is 37.0 Å². The molecule has 24 heavy (non-hydrogen) atoms. The van der Waals surface area contributed by atoms with Crippen molar-refractivity contribution >= 4 is 6.03 Å². The third-order valence-electron chi connectivity index (χ3n) is 6.23. The molecule has 1 spiro atoms. The molecule has 0 radical (unpaired) electrons. The first-order valence-corrected chi connectivity index (χ1v) is 9.08. The number of hydrogen-bond acceptors (Lipinski definition) is 3. The lowest BCUT2D eigenvalue weighted by Gasteiger charge is -2.60. The number of nitrogens with one attached hydrogen (secondary N) is 2. The van der Waals surface area contributed by atoms with Gasteiger partial charge in [-0.2, -0.15) is 0 Å². The summed E-state index contributed by atoms with van der Waals surface area (Å²) in [5, 5.41) is 16.4. The average molecular weight is 330 g/mol. The van der Waals surface area contributed by atoms with Gasteiger partial charge in [-0.25, -0.2) is 4.79 Å². The number of benzene rings is 1. The van der Waals surface area contributed by atoms with Crippen molar-refractivity contribution in [2.24, 2.45) is 5.41 Å². The van der Waals surface area contributed by atoms with Gasteiger partial charge < -0.3 is 20.5 Å². The molecule has 4 rings (SSSR count). The van der Waals surface area contributed by atoms with Gasteiger partial charge in [-0.15, -0.1) is 0 Å². The van der Waals surface area contributed by atoms with Gasteiger partial charge in [0.05, 0.1) is 18.2 Å². The van der Waals surface area contributed by atoms with Crippen molar-refractivity contribution in [1.82, 2.24) is 10.6 Å². The summed E-state index contributed by atoms with van der Waals surface area (Å²) < 4.78 is 5.83. The lowest BCUT2D eigenvalue weighted by Crippen LogP contribution is -2.68.